The third kappa shape index (κ3) is 2.60. The summed E-state index contributed by atoms with van der Waals surface area (Å²) in [5, 5.41) is 16.4. The fourth-order valence-corrected chi connectivity index (χ4v) is 2.44. The molecule has 6 nitrogen and oxygen atoms in total. The molecule has 0 bridgehead atoms. The van der Waals surface area contributed by atoms with Gasteiger partial charge in [0.25, 0.3) is 5.91 Å². The van der Waals surface area contributed by atoms with E-state index in [1.54, 1.807) is 12.1 Å². The Hall–Kier alpha value is -2.08. The van der Waals surface area contributed by atoms with Crippen molar-refractivity contribution in [3.63, 3.8) is 0 Å². The van der Waals surface area contributed by atoms with Crippen LogP contribution in [0.15, 0.2) is 33.4 Å². The van der Waals surface area contributed by atoms with Crippen molar-refractivity contribution in [1.29, 1.82) is 0 Å². The summed E-state index contributed by atoms with van der Waals surface area (Å²) in [7, 11) is 0. The van der Waals surface area contributed by atoms with Crippen molar-refractivity contribution in [2.45, 2.75) is 37.8 Å². The largest absolute Gasteiger partial charge is 0.461 e. The Morgan fingerprint density at radius 2 is 2.20 bits per heavy atom. The number of hydrogen-bond donors (Lipinski definition) is 2. The number of carbonyl (C=O) groups excluding carboxylic acids is 1. The lowest BCUT2D eigenvalue weighted by Crippen LogP contribution is -2.45. The Bertz CT molecular complexity index is 576. The Balaban J connectivity index is 1.68. The maximum Gasteiger partial charge on any atom is 0.273 e. The van der Waals surface area contributed by atoms with E-state index in [-0.39, 0.29) is 17.6 Å². The van der Waals surface area contributed by atoms with Crippen LogP contribution in [-0.4, -0.2) is 28.3 Å². The Labute approximate surface area is 115 Å². The average Bonchev–Trinajstić information content (AvgIpc) is 3.11. The molecule has 1 saturated carbocycles. The number of carbonyl (C=O) groups is 1. The van der Waals surface area contributed by atoms with Gasteiger partial charge in [0, 0.05) is 6.07 Å². The molecule has 0 unspecified atom stereocenters. The third-order valence-corrected chi connectivity index (χ3v) is 3.55. The number of nitrogens with one attached hydrogen (secondary N) is 1. The summed E-state index contributed by atoms with van der Waals surface area (Å²) in [6, 6.07) is 4.78. The molecule has 2 N–H and O–H groups in total. The van der Waals surface area contributed by atoms with Gasteiger partial charge in [-0.1, -0.05) is 18.0 Å². The number of aliphatic hydroxyl groups excluding tert-OH is 1. The number of furan rings is 1. The lowest BCUT2D eigenvalue weighted by Gasteiger charge is -2.27. The van der Waals surface area contributed by atoms with Crippen LogP contribution in [0.2, 0.25) is 0 Å². The first-order chi connectivity index (χ1) is 9.74. The molecular formula is C14H16N2O4. The van der Waals surface area contributed by atoms with Gasteiger partial charge >= 0.3 is 0 Å². The Morgan fingerprint density at radius 3 is 2.95 bits per heavy atom. The van der Waals surface area contributed by atoms with Gasteiger partial charge in [0.05, 0.1) is 18.4 Å². The average molecular weight is 276 g/mol. The number of aliphatic hydroxyl groups is 1. The molecule has 1 fully saturated rings. The van der Waals surface area contributed by atoms with Crippen LogP contribution in [0.3, 0.4) is 0 Å². The molecular weight excluding hydrogens is 260 g/mol. The molecule has 1 amide bonds. The monoisotopic (exact) mass is 276 g/mol. The molecule has 2 heterocycles. The molecule has 106 valence electrons. The predicted octanol–water partition coefficient (Wildman–Crippen LogP) is 1.97. The molecule has 0 aromatic carbocycles. The highest BCUT2D eigenvalue weighted by Gasteiger charge is 2.26. The number of aromatic nitrogens is 1. The van der Waals surface area contributed by atoms with Crippen LogP contribution in [0.5, 0.6) is 0 Å². The van der Waals surface area contributed by atoms with Gasteiger partial charge in [0.2, 0.25) is 5.76 Å². The number of rotatable bonds is 3. The van der Waals surface area contributed by atoms with Crippen LogP contribution >= 0.6 is 0 Å². The Kier molecular flexibility index (Phi) is 3.56. The summed E-state index contributed by atoms with van der Waals surface area (Å²) in [6.45, 7) is 0. The first kappa shape index (κ1) is 12.9. The van der Waals surface area contributed by atoms with E-state index in [0.717, 1.165) is 25.7 Å². The van der Waals surface area contributed by atoms with E-state index < -0.39 is 6.10 Å². The molecule has 3 rings (SSSR count). The van der Waals surface area contributed by atoms with E-state index in [9.17, 15) is 9.90 Å². The van der Waals surface area contributed by atoms with Gasteiger partial charge in [0.1, 0.15) is 0 Å². The smallest absolute Gasteiger partial charge is 0.273 e. The zero-order valence-electron chi connectivity index (χ0n) is 10.9. The number of nitrogens with zero attached hydrogens (tertiary/aromatic N) is 1. The molecule has 6 heteroatoms. The molecule has 0 aliphatic heterocycles. The van der Waals surface area contributed by atoms with Gasteiger partial charge in [-0.2, -0.15) is 0 Å². The van der Waals surface area contributed by atoms with Gasteiger partial charge in [-0.05, 0) is 25.0 Å². The molecule has 1 aliphatic rings. The van der Waals surface area contributed by atoms with Crippen molar-refractivity contribution in [3.05, 3.63) is 30.2 Å². The third-order valence-electron chi connectivity index (χ3n) is 3.55. The lowest BCUT2D eigenvalue weighted by molar-refractivity contribution is 0.0711. The fraction of sp³-hybridized carbons (Fsp3) is 0.429. The lowest BCUT2D eigenvalue weighted by atomic mass is 9.92. The highest BCUT2D eigenvalue weighted by Crippen LogP contribution is 2.22. The summed E-state index contributed by atoms with van der Waals surface area (Å²) < 4.78 is 10.3. The summed E-state index contributed by atoms with van der Waals surface area (Å²) in [5.74, 6) is 0.594. The second kappa shape index (κ2) is 5.50. The molecule has 2 atom stereocenters. The quantitative estimate of drug-likeness (QED) is 0.894. The van der Waals surface area contributed by atoms with Crippen molar-refractivity contribution < 1.29 is 18.8 Å². The van der Waals surface area contributed by atoms with Crippen molar-refractivity contribution in [2.24, 2.45) is 0 Å². The van der Waals surface area contributed by atoms with Crippen LogP contribution < -0.4 is 5.32 Å². The topological polar surface area (TPSA) is 88.5 Å². The number of hydrogen-bond acceptors (Lipinski definition) is 5. The summed E-state index contributed by atoms with van der Waals surface area (Å²) in [5.41, 5.74) is 0.189. The molecule has 20 heavy (non-hydrogen) atoms. The summed E-state index contributed by atoms with van der Waals surface area (Å²) in [6.07, 6.45) is 4.57. The van der Waals surface area contributed by atoms with E-state index in [2.05, 4.69) is 10.5 Å². The van der Waals surface area contributed by atoms with Gasteiger partial charge in [0.15, 0.2) is 11.5 Å². The minimum atomic E-state index is -0.482. The molecule has 1 aliphatic carbocycles. The van der Waals surface area contributed by atoms with Crippen LogP contribution in [0.1, 0.15) is 36.2 Å². The highest BCUT2D eigenvalue weighted by molar-refractivity contribution is 5.93. The van der Waals surface area contributed by atoms with E-state index >= 15 is 0 Å². The Morgan fingerprint density at radius 1 is 1.35 bits per heavy atom. The molecule has 0 radical (unpaired) electrons. The zero-order valence-corrected chi connectivity index (χ0v) is 10.9. The predicted molar refractivity (Wildman–Crippen MR) is 69.9 cm³/mol. The van der Waals surface area contributed by atoms with E-state index in [1.807, 2.05) is 0 Å². The van der Waals surface area contributed by atoms with Gasteiger partial charge in [-0.25, -0.2) is 0 Å². The summed E-state index contributed by atoms with van der Waals surface area (Å²) >= 11 is 0. The van der Waals surface area contributed by atoms with Crippen molar-refractivity contribution >= 4 is 5.91 Å². The molecule has 2 aromatic rings. The first-order valence-electron chi connectivity index (χ1n) is 6.73. The normalized spacial score (nSPS) is 22.6. The van der Waals surface area contributed by atoms with Gasteiger partial charge < -0.3 is 19.4 Å². The second-order valence-corrected chi connectivity index (χ2v) is 4.99. The highest BCUT2D eigenvalue weighted by atomic mass is 16.5. The van der Waals surface area contributed by atoms with E-state index in [0.29, 0.717) is 11.5 Å². The molecule has 0 saturated heterocycles. The van der Waals surface area contributed by atoms with Crippen molar-refractivity contribution in [1.82, 2.24) is 10.5 Å². The van der Waals surface area contributed by atoms with Crippen LogP contribution in [0.25, 0.3) is 11.5 Å². The zero-order chi connectivity index (χ0) is 13.9. The minimum Gasteiger partial charge on any atom is -0.461 e. The minimum absolute atomic E-state index is 0.189. The van der Waals surface area contributed by atoms with Crippen LogP contribution in [0, 0.1) is 0 Å². The standard InChI is InChI=1S/C14H16N2O4/c17-11-5-2-1-4-9(11)15-14(18)10-8-13(20-16-10)12-6-3-7-19-12/h3,6-9,11,17H,1-2,4-5H2,(H,15,18)/t9-,11-/m0/s1. The van der Waals surface area contributed by atoms with Crippen molar-refractivity contribution in [3.8, 4) is 11.5 Å². The second-order valence-electron chi connectivity index (χ2n) is 4.99. The fourth-order valence-electron chi connectivity index (χ4n) is 2.44. The van der Waals surface area contributed by atoms with Crippen LogP contribution in [-0.2, 0) is 0 Å². The first-order valence-corrected chi connectivity index (χ1v) is 6.73. The summed E-state index contributed by atoms with van der Waals surface area (Å²) in [4.78, 5) is 12.1. The SMILES string of the molecule is O=C(N[C@H]1CCCC[C@@H]1O)c1cc(-c2ccco2)on1. The maximum absolute atomic E-state index is 12.1. The number of amides is 1. The van der Waals surface area contributed by atoms with Gasteiger partial charge in [-0.15, -0.1) is 0 Å². The van der Waals surface area contributed by atoms with E-state index in [4.69, 9.17) is 8.94 Å². The van der Waals surface area contributed by atoms with Crippen LogP contribution in [0.4, 0.5) is 0 Å². The molecule has 0 spiro atoms. The maximum atomic E-state index is 12.1. The van der Waals surface area contributed by atoms with Crippen molar-refractivity contribution in [2.75, 3.05) is 0 Å². The van der Waals surface area contributed by atoms with E-state index in [1.165, 1.54) is 12.3 Å². The molecule has 2 aromatic heterocycles. The van der Waals surface area contributed by atoms with Gasteiger partial charge in [-0.3, -0.25) is 4.79 Å².